The summed E-state index contributed by atoms with van der Waals surface area (Å²) in [6.45, 7) is 3.99. The number of anilines is 1. The van der Waals surface area contributed by atoms with E-state index >= 15 is 0 Å². The molecule has 0 aliphatic carbocycles. The summed E-state index contributed by atoms with van der Waals surface area (Å²) in [5.74, 6) is -0.0952. The third-order valence-corrected chi connectivity index (χ3v) is 5.00. The number of amides is 1. The van der Waals surface area contributed by atoms with E-state index < -0.39 is 0 Å². The molecule has 3 aromatic rings. The molecule has 0 aliphatic heterocycles. The van der Waals surface area contributed by atoms with Crippen molar-refractivity contribution < 1.29 is 4.79 Å². The first-order valence-corrected chi connectivity index (χ1v) is 8.81. The molecule has 0 aliphatic rings. The fraction of sp³-hybridized carbons (Fsp3) is 0.105. The van der Waals surface area contributed by atoms with E-state index in [0.29, 0.717) is 5.56 Å². The van der Waals surface area contributed by atoms with E-state index in [0.717, 1.165) is 36.5 Å². The third kappa shape index (κ3) is 3.19. The second-order valence-electron chi connectivity index (χ2n) is 5.51. The van der Waals surface area contributed by atoms with Crippen LogP contribution in [-0.2, 0) is 0 Å². The predicted octanol–water partition coefficient (Wildman–Crippen LogP) is 6.23. The molecule has 1 amide bonds. The summed E-state index contributed by atoms with van der Waals surface area (Å²) < 4.78 is 2.00. The second-order valence-corrected chi connectivity index (χ2v) is 7.28. The van der Waals surface area contributed by atoms with E-state index in [1.165, 1.54) is 0 Å². The standard InChI is InChI=1S/C19H15Br2NO/c1-11-9-13(20)10-12(2)18(11)22-19(23)16-7-3-6-15-14(16)5-4-8-17(15)21/h3-10H,1-2H3,(H,22,23). The van der Waals surface area contributed by atoms with E-state index in [-0.39, 0.29) is 5.91 Å². The van der Waals surface area contributed by atoms with Gasteiger partial charge in [0.25, 0.3) is 5.91 Å². The first-order chi connectivity index (χ1) is 11.0. The lowest BCUT2D eigenvalue weighted by Crippen LogP contribution is -2.14. The van der Waals surface area contributed by atoms with Crippen molar-refractivity contribution in [3.63, 3.8) is 0 Å². The van der Waals surface area contributed by atoms with Gasteiger partial charge in [-0.05, 0) is 60.0 Å². The van der Waals surface area contributed by atoms with Gasteiger partial charge in [-0.15, -0.1) is 0 Å². The Bertz CT molecular complexity index is 895. The summed E-state index contributed by atoms with van der Waals surface area (Å²) in [7, 11) is 0. The van der Waals surface area contributed by atoms with Gasteiger partial charge in [-0.2, -0.15) is 0 Å². The van der Waals surface area contributed by atoms with Gasteiger partial charge >= 0.3 is 0 Å². The molecule has 0 heterocycles. The highest BCUT2D eigenvalue weighted by Gasteiger charge is 2.13. The average molecular weight is 433 g/mol. The Hall–Kier alpha value is -1.65. The number of aryl methyl sites for hydroxylation is 2. The Labute approximate surface area is 152 Å². The minimum atomic E-state index is -0.0952. The SMILES string of the molecule is Cc1cc(Br)cc(C)c1NC(=O)c1cccc2c(Br)cccc12. The zero-order valence-electron chi connectivity index (χ0n) is 12.8. The van der Waals surface area contributed by atoms with Gasteiger partial charge in [0.05, 0.1) is 0 Å². The van der Waals surface area contributed by atoms with Gasteiger partial charge in [0, 0.05) is 20.2 Å². The molecule has 4 heteroatoms. The molecule has 2 nitrogen and oxygen atoms in total. The Morgan fingerprint density at radius 3 is 2.22 bits per heavy atom. The third-order valence-electron chi connectivity index (χ3n) is 3.85. The van der Waals surface area contributed by atoms with Crippen LogP contribution in [-0.4, -0.2) is 5.91 Å². The van der Waals surface area contributed by atoms with Gasteiger partial charge < -0.3 is 5.32 Å². The second kappa shape index (κ2) is 6.46. The van der Waals surface area contributed by atoms with E-state index in [9.17, 15) is 4.79 Å². The Kier molecular flexibility index (Phi) is 4.55. The number of halogens is 2. The van der Waals surface area contributed by atoms with Crippen LogP contribution in [0.5, 0.6) is 0 Å². The molecular weight excluding hydrogens is 418 g/mol. The summed E-state index contributed by atoms with van der Waals surface area (Å²) in [6, 6.07) is 15.7. The monoisotopic (exact) mass is 431 g/mol. The van der Waals surface area contributed by atoms with Crippen molar-refractivity contribution in [1.29, 1.82) is 0 Å². The molecule has 1 N–H and O–H groups in total. The van der Waals surface area contributed by atoms with Crippen LogP contribution in [0.1, 0.15) is 21.5 Å². The summed E-state index contributed by atoms with van der Waals surface area (Å²) >= 11 is 7.02. The summed E-state index contributed by atoms with van der Waals surface area (Å²) in [5.41, 5.74) is 3.61. The van der Waals surface area contributed by atoms with E-state index in [2.05, 4.69) is 37.2 Å². The average Bonchev–Trinajstić information content (AvgIpc) is 2.50. The fourth-order valence-electron chi connectivity index (χ4n) is 2.76. The zero-order valence-corrected chi connectivity index (χ0v) is 16.0. The van der Waals surface area contributed by atoms with Crippen LogP contribution >= 0.6 is 31.9 Å². The normalized spacial score (nSPS) is 10.8. The minimum absolute atomic E-state index is 0.0952. The van der Waals surface area contributed by atoms with Crippen molar-refractivity contribution in [1.82, 2.24) is 0 Å². The molecule has 0 spiro atoms. The lowest BCUT2D eigenvalue weighted by molar-refractivity contribution is 0.102. The van der Waals surface area contributed by atoms with E-state index in [4.69, 9.17) is 0 Å². The molecule has 0 aromatic heterocycles. The fourth-order valence-corrected chi connectivity index (χ4v) is 3.94. The number of carbonyl (C=O) groups excluding carboxylic acids is 1. The van der Waals surface area contributed by atoms with Crippen LogP contribution in [0.15, 0.2) is 57.5 Å². The topological polar surface area (TPSA) is 29.1 Å². The van der Waals surface area contributed by atoms with Crippen LogP contribution < -0.4 is 5.32 Å². The maximum absolute atomic E-state index is 12.8. The molecule has 0 atom stereocenters. The first kappa shape index (κ1) is 16.2. The molecule has 116 valence electrons. The summed E-state index contributed by atoms with van der Waals surface area (Å²) in [5, 5.41) is 5.03. The number of hydrogen-bond acceptors (Lipinski definition) is 1. The molecule has 0 fully saturated rings. The highest BCUT2D eigenvalue weighted by molar-refractivity contribution is 9.11. The quantitative estimate of drug-likeness (QED) is 0.510. The highest BCUT2D eigenvalue weighted by Crippen LogP contribution is 2.29. The van der Waals surface area contributed by atoms with Crippen LogP contribution in [0.4, 0.5) is 5.69 Å². The molecule has 0 saturated carbocycles. The Morgan fingerprint density at radius 1 is 0.913 bits per heavy atom. The summed E-state index contributed by atoms with van der Waals surface area (Å²) in [6.07, 6.45) is 0. The van der Waals surface area contributed by atoms with Gasteiger partial charge in [0.1, 0.15) is 0 Å². The zero-order chi connectivity index (χ0) is 16.6. The van der Waals surface area contributed by atoms with Gasteiger partial charge in [0.2, 0.25) is 0 Å². The number of fused-ring (bicyclic) bond motifs is 1. The number of carbonyl (C=O) groups is 1. The van der Waals surface area contributed by atoms with Crippen molar-refractivity contribution in [2.45, 2.75) is 13.8 Å². The largest absolute Gasteiger partial charge is 0.321 e. The van der Waals surface area contributed by atoms with Crippen molar-refractivity contribution >= 4 is 54.2 Å². The van der Waals surface area contributed by atoms with Crippen LogP contribution in [0.25, 0.3) is 10.8 Å². The number of benzene rings is 3. The van der Waals surface area contributed by atoms with Crippen LogP contribution in [0.2, 0.25) is 0 Å². The van der Waals surface area contributed by atoms with Crippen molar-refractivity contribution in [3.05, 3.63) is 74.2 Å². The van der Waals surface area contributed by atoms with Gasteiger partial charge in [-0.1, -0.05) is 56.1 Å². The number of rotatable bonds is 2. The molecule has 3 rings (SSSR count). The van der Waals surface area contributed by atoms with Crippen molar-refractivity contribution in [3.8, 4) is 0 Å². The predicted molar refractivity (Wildman–Crippen MR) is 103 cm³/mol. The lowest BCUT2D eigenvalue weighted by Gasteiger charge is -2.14. The van der Waals surface area contributed by atoms with E-state index in [1.54, 1.807) is 0 Å². The molecular formula is C19H15Br2NO. The van der Waals surface area contributed by atoms with Crippen LogP contribution in [0, 0.1) is 13.8 Å². The molecule has 0 radical (unpaired) electrons. The number of hydrogen-bond donors (Lipinski definition) is 1. The first-order valence-electron chi connectivity index (χ1n) is 7.22. The molecule has 0 saturated heterocycles. The maximum atomic E-state index is 12.8. The Balaban J connectivity index is 2.04. The molecule has 0 bridgehead atoms. The highest BCUT2D eigenvalue weighted by atomic mass is 79.9. The lowest BCUT2D eigenvalue weighted by atomic mass is 10.0. The molecule has 0 unspecified atom stereocenters. The summed E-state index contributed by atoms with van der Waals surface area (Å²) in [4.78, 5) is 12.8. The smallest absolute Gasteiger partial charge is 0.256 e. The molecule has 3 aromatic carbocycles. The van der Waals surface area contributed by atoms with E-state index in [1.807, 2.05) is 62.4 Å². The number of nitrogens with one attached hydrogen (secondary N) is 1. The van der Waals surface area contributed by atoms with Crippen LogP contribution in [0.3, 0.4) is 0 Å². The van der Waals surface area contributed by atoms with Crippen molar-refractivity contribution in [2.24, 2.45) is 0 Å². The molecule has 23 heavy (non-hydrogen) atoms. The Morgan fingerprint density at radius 2 is 1.52 bits per heavy atom. The minimum Gasteiger partial charge on any atom is -0.321 e. The van der Waals surface area contributed by atoms with Gasteiger partial charge in [0.15, 0.2) is 0 Å². The van der Waals surface area contributed by atoms with Gasteiger partial charge in [-0.3, -0.25) is 4.79 Å². The maximum Gasteiger partial charge on any atom is 0.256 e. The van der Waals surface area contributed by atoms with Crippen molar-refractivity contribution in [2.75, 3.05) is 5.32 Å². The van der Waals surface area contributed by atoms with Gasteiger partial charge in [-0.25, -0.2) is 0 Å².